The molecule has 2 rings (SSSR count). The molecule has 0 fully saturated rings. The van der Waals surface area contributed by atoms with Crippen molar-refractivity contribution >= 4 is 21.6 Å². The second-order valence-electron chi connectivity index (χ2n) is 5.96. The Labute approximate surface area is 143 Å². The summed E-state index contributed by atoms with van der Waals surface area (Å²) in [4.78, 5) is 12.2. The smallest absolute Gasteiger partial charge is 0.241 e. The molecule has 1 amide bonds. The first-order valence-corrected chi connectivity index (χ1v) is 9.11. The summed E-state index contributed by atoms with van der Waals surface area (Å²) in [5.41, 5.74) is 4.34. The Balaban J connectivity index is 2.05. The SMILES string of the molecule is Cc1ccc(NC(=O)CNS(=O)(=O)c2ccc(C)cc2C)c(C)c1. The lowest BCUT2D eigenvalue weighted by Gasteiger charge is -2.11. The summed E-state index contributed by atoms with van der Waals surface area (Å²) in [5.74, 6) is -0.407. The van der Waals surface area contributed by atoms with Crippen LogP contribution in [0, 0.1) is 27.7 Å². The average molecular weight is 346 g/mol. The number of sulfonamides is 1. The standard InChI is InChI=1S/C18H22N2O3S/c1-12-5-7-16(14(3)9-12)20-18(21)11-19-24(22,23)17-8-6-13(2)10-15(17)4/h5-10,19H,11H2,1-4H3,(H,20,21). The molecule has 0 aromatic heterocycles. The van der Waals surface area contributed by atoms with E-state index in [-0.39, 0.29) is 11.4 Å². The summed E-state index contributed by atoms with van der Waals surface area (Å²) in [6.07, 6.45) is 0. The molecule has 2 aromatic carbocycles. The third-order valence-electron chi connectivity index (χ3n) is 3.70. The lowest BCUT2D eigenvalue weighted by atomic mass is 10.1. The maximum absolute atomic E-state index is 12.3. The normalized spacial score (nSPS) is 11.3. The number of hydrogen-bond acceptors (Lipinski definition) is 3. The number of amides is 1. The minimum absolute atomic E-state index is 0.187. The van der Waals surface area contributed by atoms with Gasteiger partial charge in [0.1, 0.15) is 0 Å². The summed E-state index contributed by atoms with van der Waals surface area (Å²) >= 11 is 0. The van der Waals surface area contributed by atoms with Crippen LogP contribution >= 0.6 is 0 Å². The molecule has 0 unspecified atom stereocenters. The van der Waals surface area contributed by atoms with Crippen molar-refractivity contribution in [3.8, 4) is 0 Å². The molecule has 0 radical (unpaired) electrons. The van der Waals surface area contributed by atoms with Crippen molar-refractivity contribution in [3.05, 3.63) is 58.7 Å². The molecule has 24 heavy (non-hydrogen) atoms. The molecule has 2 aromatic rings. The quantitative estimate of drug-likeness (QED) is 0.874. The third kappa shape index (κ3) is 4.43. The molecule has 0 atom stereocenters. The van der Waals surface area contributed by atoms with Crippen LogP contribution in [0.25, 0.3) is 0 Å². The Bertz CT molecular complexity index is 874. The van der Waals surface area contributed by atoms with Gasteiger partial charge in [0, 0.05) is 5.69 Å². The Morgan fingerprint density at radius 1 is 0.917 bits per heavy atom. The largest absolute Gasteiger partial charge is 0.325 e. The van der Waals surface area contributed by atoms with E-state index in [1.165, 1.54) is 0 Å². The molecular formula is C18H22N2O3S. The Hall–Kier alpha value is -2.18. The minimum atomic E-state index is -3.72. The Kier molecular flexibility index (Phi) is 5.41. The zero-order chi connectivity index (χ0) is 17.9. The molecule has 0 aliphatic heterocycles. The fourth-order valence-corrected chi connectivity index (χ4v) is 3.69. The highest BCUT2D eigenvalue weighted by atomic mass is 32.2. The second kappa shape index (κ2) is 7.15. The number of anilines is 1. The van der Waals surface area contributed by atoms with Gasteiger partial charge in [-0.05, 0) is 51.0 Å². The number of nitrogens with one attached hydrogen (secondary N) is 2. The van der Waals surface area contributed by atoms with E-state index in [1.54, 1.807) is 31.2 Å². The van der Waals surface area contributed by atoms with E-state index >= 15 is 0 Å². The van der Waals surface area contributed by atoms with Crippen LogP contribution in [0.3, 0.4) is 0 Å². The first kappa shape index (κ1) is 18.2. The maximum atomic E-state index is 12.3. The highest BCUT2D eigenvalue weighted by molar-refractivity contribution is 7.89. The van der Waals surface area contributed by atoms with E-state index in [0.717, 1.165) is 16.7 Å². The zero-order valence-corrected chi connectivity index (χ0v) is 15.1. The van der Waals surface area contributed by atoms with Crippen molar-refractivity contribution in [1.29, 1.82) is 0 Å². The van der Waals surface area contributed by atoms with Gasteiger partial charge in [-0.1, -0.05) is 35.4 Å². The molecule has 0 aliphatic carbocycles. The fraction of sp³-hybridized carbons (Fsp3) is 0.278. The molecule has 0 heterocycles. The summed E-state index contributed by atoms with van der Waals surface area (Å²) in [6.45, 7) is 7.17. The molecule has 0 spiro atoms. The Morgan fingerprint density at radius 3 is 2.08 bits per heavy atom. The van der Waals surface area contributed by atoms with Gasteiger partial charge in [0.2, 0.25) is 15.9 Å². The van der Waals surface area contributed by atoms with Crippen LogP contribution in [0.15, 0.2) is 41.3 Å². The number of hydrogen-bond donors (Lipinski definition) is 2. The molecule has 6 heteroatoms. The zero-order valence-electron chi connectivity index (χ0n) is 14.3. The van der Waals surface area contributed by atoms with Crippen molar-refractivity contribution in [3.63, 3.8) is 0 Å². The van der Waals surface area contributed by atoms with Crippen LogP contribution < -0.4 is 10.0 Å². The van der Waals surface area contributed by atoms with Crippen LogP contribution in [-0.4, -0.2) is 20.9 Å². The number of carbonyl (C=O) groups excluding carboxylic acids is 1. The van der Waals surface area contributed by atoms with Crippen molar-refractivity contribution in [2.45, 2.75) is 32.6 Å². The van der Waals surface area contributed by atoms with Crippen molar-refractivity contribution in [2.24, 2.45) is 0 Å². The van der Waals surface area contributed by atoms with E-state index in [0.29, 0.717) is 11.3 Å². The van der Waals surface area contributed by atoms with Gasteiger partial charge in [0.15, 0.2) is 0 Å². The average Bonchev–Trinajstić information content (AvgIpc) is 2.48. The van der Waals surface area contributed by atoms with E-state index < -0.39 is 15.9 Å². The van der Waals surface area contributed by atoms with Crippen LogP contribution in [0.2, 0.25) is 0 Å². The van der Waals surface area contributed by atoms with Gasteiger partial charge in [0.25, 0.3) is 0 Å². The molecule has 0 aliphatic rings. The van der Waals surface area contributed by atoms with Crippen molar-refractivity contribution in [2.75, 3.05) is 11.9 Å². The molecule has 2 N–H and O–H groups in total. The van der Waals surface area contributed by atoms with Crippen molar-refractivity contribution in [1.82, 2.24) is 4.72 Å². The summed E-state index contributed by atoms with van der Waals surface area (Å²) in [5, 5.41) is 2.72. The van der Waals surface area contributed by atoms with Gasteiger partial charge in [-0.2, -0.15) is 0 Å². The van der Waals surface area contributed by atoms with Gasteiger partial charge in [0.05, 0.1) is 11.4 Å². The molecule has 0 bridgehead atoms. The maximum Gasteiger partial charge on any atom is 0.241 e. The van der Waals surface area contributed by atoms with E-state index in [4.69, 9.17) is 0 Å². The third-order valence-corrected chi connectivity index (χ3v) is 5.26. The van der Waals surface area contributed by atoms with Crippen molar-refractivity contribution < 1.29 is 13.2 Å². The molecule has 0 saturated carbocycles. The van der Waals surface area contributed by atoms with Gasteiger partial charge >= 0.3 is 0 Å². The summed E-state index contributed by atoms with van der Waals surface area (Å²) < 4.78 is 27.0. The first-order valence-electron chi connectivity index (χ1n) is 7.63. The lowest BCUT2D eigenvalue weighted by molar-refractivity contribution is -0.115. The predicted molar refractivity (Wildman–Crippen MR) is 95.7 cm³/mol. The topological polar surface area (TPSA) is 75.3 Å². The summed E-state index contributed by atoms with van der Waals surface area (Å²) in [7, 11) is -3.72. The van der Waals surface area contributed by atoms with E-state index in [9.17, 15) is 13.2 Å². The number of aryl methyl sites for hydroxylation is 4. The van der Waals surface area contributed by atoms with Crippen LogP contribution in [-0.2, 0) is 14.8 Å². The van der Waals surface area contributed by atoms with E-state index in [1.807, 2.05) is 32.9 Å². The van der Waals surface area contributed by atoms with Crippen LogP contribution in [0.4, 0.5) is 5.69 Å². The van der Waals surface area contributed by atoms with Crippen LogP contribution in [0.1, 0.15) is 22.3 Å². The number of benzene rings is 2. The van der Waals surface area contributed by atoms with E-state index in [2.05, 4.69) is 10.0 Å². The molecule has 5 nitrogen and oxygen atoms in total. The van der Waals surface area contributed by atoms with Gasteiger partial charge < -0.3 is 5.32 Å². The first-order chi connectivity index (χ1) is 11.2. The Morgan fingerprint density at radius 2 is 1.50 bits per heavy atom. The predicted octanol–water partition coefficient (Wildman–Crippen LogP) is 2.84. The second-order valence-corrected chi connectivity index (χ2v) is 7.70. The molecule has 0 saturated heterocycles. The minimum Gasteiger partial charge on any atom is -0.325 e. The fourth-order valence-electron chi connectivity index (χ4n) is 2.49. The number of rotatable bonds is 5. The lowest BCUT2D eigenvalue weighted by Crippen LogP contribution is -2.33. The number of carbonyl (C=O) groups is 1. The summed E-state index contributed by atoms with van der Waals surface area (Å²) in [6, 6.07) is 10.7. The molecule has 128 valence electrons. The monoisotopic (exact) mass is 346 g/mol. The van der Waals surface area contributed by atoms with Gasteiger partial charge in [-0.25, -0.2) is 13.1 Å². The highest BCUT2D eigenvalue weighted by Gasteiger charge is 2.18. The molecular weight excluding hydrogens is 324 g/mol. The highest BCUT2D eigenvalue weighted by Crippen LogP contribution is 2.17. The van der Waals surface area contributed by atoms with Crippen LogP contribution in [0.5, 0.6) is 0 Å². The van der Waals surface area contributed by atoms with Gasteiger partial charge in [-0.15, -0.1) is 0 Å². The van der Waals surface area contributed by atoms with Gasteiger partial charge in [-0.3, -0.25) is 4.79 Å².